The van der Waals surface area contributed by atoms with Crippen LogP contribution in [0.4, 0.5) is 4.79 Å². The Kier molecular flexibility index (Phi) is 6.98. The maximum atomic E-state index is 11.5. The van der Waals surface area contributed by atoms with Gasteiger partial charge in [-0.15, -0.1) is 0 Å². The molecular weight excluding hydrogens is 278 g/mol. The fraction of sp³-hybridized carbons (Fsp3) is 0.786. The smallest absolute Gasteiger partial charge is 0.410 e. The van der Waals surface area contributed by atoms with E-state index in [0.29, 0.717) is 19.4 Å². The van der Waals surface area contributed by atoms with Gasteiger partial charge in [-0.2, -0.15) is 0 Å². The van der Waals surface area contributed by atoms with Crippen molar-refractivity contribution in [2.24, 2.45) is 11.8 Å². The van der Waals surface area contributed by atoms with Crippen LogP contribution in [-0.4, -0.2) is 36.0 Å². The van der Waals surface area contributed by atoms with Crippen molar-refractivity contribution in [1.82, 2.24) is 5.32 Å². The minimum atomic E-state index is -0.916. The SMILES string of the molecule is CCC(=O)OC(C)OC(=O)NC[C@H]1CC[C@H](C(=O)O)CC1. The third-order valence-electron chi connectivity index (χ3n) is 3.59. The standard InChI is InChI=1S/C14H23NO6/c1-3-12(16)20-9(2)21-14(19)15-8-10-4-6-11(7-5-10)13(17)18/h9-11H,3-8H2,1-2H3,(H,15,19)(H,17,18)/t9?,10-,11-. The second-order valence-corrected chi connectivity index (χ2v) is 5.25. The summed E-state index contributed by atoms with van der Waals surface area (Å²) in [6.07, 6.45) is 1.51. The van der Waals surface area contributed by atoms with Gasteiger partial charge in [-0.05, 0) is 31.6 Å². The van der Waals surface area contributed by atoms with Gasteiger partial charge in [-0.1, -0.05) is 6.92 Å². The van der Waals surface area contributed by atoms with E-state index < -0.39 is 24.3 Å². The molecule has 21 heavy (non-hydrogen) atoms. The summed E-state index contributed by atoms with van der Waals surface area (Å²) in [5.41, 5.74) is 0. The van der Waals surface area contributed by atoms with Crippen LogP contribution < -0.4 is 5.32 Å². The van der Waals surface area contributed by atoms with Crippen LogP contribution >= 0.6 is 0 Å². The van der Waals surface area contributed by atoms with E-state index in [2.05, 4.69) is 5.32 Å². The van der Waals surface area contributed by atoms with Crippen molar-refractivity contribution in [3.63, 3.8) is 0 Å². The predicted octanol–water partition coefficient (Wildman–Crippen LogP) is 1.90. The number of esters is 1. The van der Waals surface area contributed by atoms with Gasteiger partial charge in [-0.3, -0.25) is 9.59 Å². The lowest BCUT2D eigenvalue weighted by Crippen LogP contribution is -2.35. The van der Waals surface area contributed by atoms with Gasteiger partial charge in [0, 0.05) is 19.9 Å². The summed E-state index contributed by atoms with van der Waals surface area (Å²) in [6.45, 7) is 3.58. The van der Waals surface area contributed by atoms with Crippen LogP contribution in [0, 0.1) is 11.8 Å². The van der Waals surface area contributed by atoms with Crippen LogP contribution in [0.15, 0.2) is 0 Å². The molecule has 1 aliphatic rings. The van der Waals surface area contributed by atoms with Gasteiger partial charge in [0.25, 0.3) is 0 Å². The molecule has 0 bridgehead atoms. The third-order valence-corrected chi connectivity index (χ3v) is 3.59. The van der Waals surface area contributed by atoms with Crippen LogP contribution in [0.2, 0.25) is 0 Å². The minimum Gasteiger partial charge on any atom is -0.481 e. The summed E-state index contributed by atoms with van der Waals surface area (Å²) in [6, 6.07) is 0. The first kappa shape index (κ1) is 17.3. The Bertz CT molecular complexity index is 376. The number of hydrogen-bond donors (Lipinski definition) is 2. The maximum Gasteiger partial charge on any atom is 0.410 e. The molecule has 1 aliphatic carbocycles. The molecule has 1 fully saturated rings. The summed E-state index contributed by atoms with van der Waals surface area (Å²) >= 11 is 0. The average molecular weight is 301 g/mol. The molecule has 0 saturated heterocycles. The average Bonchev–Trinajstić information content (AvgIpc) is 2.45. The molecule has 0 radical (unpaired) electrons. The third kappa shape index (κ3) is 6.46. The normalized spacial score (nSPS) is 23.0. The lowest BCUT2D eigenvalue weighted by Gasteiger charge is -2.26. The molecule has 1 rings (SSSR count). The van der Waals surface area contributed by atoms with Gasteiger partial charge in [0.05, 0.1) is 5.92 Å². The number of carbonyl (C=O) groups excluding carboxylic acids is 2. The first-order chi connectivity index (χ1) is 9.92. The van der Waals surface area contributed by atoms with E-state index in [1.165, 1.54) is 6.92 Å². The molecule has 0 heterocycles. The van der Waals surface area contributed by atoms with Gasteiger partial charge in [0.1, 0.15) is 0 Å². The number of carboxylic acids is 1. The molecule has 1 unspecified atom stereocenters. The van der Waals surface area contributed by atoms with E-state index in [-0.39, 0.29) is 18.3 Å². The largest absolute Gasteiger partial charge is 0.481 e. The second kappa shape index (κ2) is 8.49. The van der Waals surface area contributed by atoms with E-state index in [1.807, 2.05) is 0 Å². The molecule has 7 nitrogen and oxygen atoms in total. The first-order valence-corrected chi connectivity index (χ1v) is 7.29. The van der Waals surface area contributed by atoms with Crippen molar-refractivity contribution in [3.8, 4) is 0 Å². The number of alkyl carbamates (subject to hydrolysis) is 1. The Hall–Kier alpha value is -1.79. The van der Waals surface area contributed by atoms with Gasteiger partial charge in [0.2, 0.25) is 6.29 Å². The summed E-state index contributed by atoms with van der Waals surface area (Å²) in [5.74, 6) is -1.17. The van der Waals surface area contributed by atoms with E-state index in [4.69, 9.17) is 14.6 Å². The monoisotopic (exact) mass is 301 g/mol. The van der Waals surface area contributed by atoms with Gasteiger partial charge < -0.3 is 19.9 Å². The van der Waals surface area contributed by atoms with E-state index in [1.54, 1.807) is 6.92 Å². The fourth-order valence-electron chi connectivity index (χ4n) is 2.33. The minimum absolute atomic E-state index is 0.224. The number of aliphatic carboxylic acids is 1. The van der Waals surface area contributed by atoms with Gasteiger partial charge in [-0.25, -0.2) is 4.79 Å². The molecule has 1 amide bonds. The number of amides is 1. The Morgan fingerprint density at radius 2 is 1.81 bits per heavy atom. The van der Waals surface area contributed by atoms with E-state index in [0.717, 1.165) is 12.8 Å². The number of carboxylic acid groups (broad SMARTS) is 1. The number of nitrogens with one attached hydrogen (secondary N) is 1. The molecule has 0 aromatic carbocycles. The van der Waals surface area contributed by atoms with Crippen molar-refractivity contribution in [2.75, 3.05) is 6.54 Å². The molecule has 1 atom stereocenters. The number of rotatable bonds is 6. The number of carbonyl (C=O) groups is 3. The zero-order chi connectivity index (χ0) is 15.8. The quantitative estimate of drug-likeness (QED) is 0.574. The molecule has 7 heteroatoms. The highest BCUT2D eigenvalue weighted by molar-refractivity contribution is 5.70. The molecule has 0 spiro atoms. The zero-order valence-electron chi connectivity index (χ0n) is 12.5. The van der Waals surface area contributed by atoms with Crippen LogP contribution in [0.3, 0.4) is 0 Å². The van der Waals surface area contributed by atoms with Crippen LogP contribution in [-0.2, 0) is 19.1 Å². The Balaban J connectivity index is 2.19. The van der Waals surface area contributed by atoms with Crippen molar-refractivity contribution in [3.05, 3.63) is 0 Å². The summed E-state index contributed by atoms with van der Waals surface area (Å²) in [5, 5.41) is 11.5. The van der Waals surface area contributed by atoms with Crippen LogP contribution in [0.25, 0.3) is 0 Å². The molecule has 120 valence electrons. The lowest BCUT2D eigenvalue weighted by molar-refractivity contribution is -0.164. The number of hydrogen-bond acceptors (Lipinski definition) is 5. The maximum absolute atomic E-state index is 11.5. The molecule has 0 aromatic rings. The fourth-order valence-corrected chi connectivity index (χ4v) is 2.33. The molecule has 0 aromatic heterocycles. The van der Waals surface area contributed by atoms with E-state index >= 15 is 0 Å². The topological polar surface area (TPSA) is 102 Å². The zero-order valence-corrected chi connectivity index (χ0v) is 12.5. The van der Waals surface area contributed by atoms with Crippen LogP contribution in [0.5, 0.6) is 0 Å². The summed E-state index contributed by atoms with van der Waals surface area (Å²) in [7, 11) is 0. The van der Waals surface area contributed by atoms with Crippen molar-refractivity contribution >= 4 is 18.0 Å². The first-order valence-electron chi connectivity index (χ1n) is 7.29. The second-order valence-electron chi connectivity index (χ2n) is 5.25. The molecular formula is C14H23NO6. The van der Waals surface area contributed by atoms with E-state index in [9.17, 15) is 14.4 Å². The Morgan fingerprint density at radius 1 is 1.19 bits per heavy atom. The summed E-state index contributed by atoms with van der Waals surface area (Å²) in [4.78, 5) is 33.4. The highest BCUT2D eigenvalue weighted by Gasteiger charge is 2.26. The molecule has 0 aliphatic heterocycles. The summed E-state index contributed by atoms with van der Waals surface area (Å²) < 4.78 is 9.70. The van der Waals surface area contributed by atoms with Crippen molar-refractivity contribution in [2.45, 2.75) is 52.2 Å². The lowest BCUT2D eigenvalue weighted by atomic mass is 9.82. The highest BCUT2D eigenvalue weighted by Crippen LogP contribution is 2.28. The predicted molar refractivity (Wildman–Crippen MR) is 73.4 cm³/mol. The molecule has 1 saturated carbocycles. The van der Waals surface area contributed by atoms with Crippen molar-refractivity contribution < 1.29 is 29.0 Å². The van der Waals surface area contributed by atoms with Crippen LogP contribution in [0.1, 0.15) is 46.0 Å². The number of ether oxygens (including phenoxy) is 2. The van der Waals surface area contributed by atoms with Gasteiger partial charge in [0.15, 0.2) is 0 Å². The Morgan fingerprint density at radius 3 is 2.33 bits per heavy atom. The van der Waals surface area contributed by atoms with Crippen molar-refractivity contribution in [1.29, 1.82) is 0 Å². The molecule has 2 N–H and O–H groups in total. The Labute approximate surface area is 124 Å². The van der Waals surface area contributed by atoms with Gasteiger partial charge >= 0.3 is 18.0 Å². The highest BCUT2D eigenvalue weighted by atomic mass is 16.7.